The number of halogens is 1. The van der Waals surface area contributed by atoms with E-state index in [1.807, 2.05) is 11.1 Å². The van der Waals surface area contributed by atoms with Crippen LogP contribution in [0.15, 0.2) is 30.5 Å². The fraction of sp³-hybridized carbons (Fsp3) is 0.476. The van der Waals surface area contributed by atoms with Crippen molar-refractivity contribution < 1.29 is 13.9 Å². The molecule has 1 amide bonds. The van der Waals surface area contributed by atoms with Crippen LogP contribution in [-0.2, 0) is 17.8 Å². The van der Waals surface area contributed by atoms with Crippen molar-refractivity contribution in [2.75, 3.05) is 26.2 Å². The fourth-order valence-electron chi connectivity index (χ4n) is 3.74. The molecule has 4 rings (SSSR count). The normalized spacial score (nSPS) is 18.8. The van der Waals surface area contributed by atoms with E-state index in [1.165, 1.54) is 6.07 Å². The van der Waals surface area contributed by atoms with Crippen molar-refractivity contribution in [2.24, 2.45) is 0 Å². The summed E-state index contributed by atoms with van der Waals surface area (Å²) in [5.74, 6) is 1.27. The Balaban J connectivity index is 1.26. The summed E-state index contributed by atoms with van der Waals surface area (Å²) in [5, 5.41) is 3.35. The smallest absolute Gasteiger partial charge is 0.223 e. The predicted octanol–water partition coefficient (Wildman–Crippen LogP) is 2.44. The van der Waals surface area contributed by atoms with Gasteiger partial charge in [0.2, 0.25) is 5.91 Å². The first-order chi connectivity index (χ1) is 13.7. The van der Waals surface area contributed by atoms with Crippen LogP contribution in [0.4, 0.5) is 4.39 Å². The molecule has 0 bridgehead atoms. The Bertz CT molecular complexity index is 839. The summed E-state index contributed by atoms with van der Waals surface area (Å²) in [6.07, 6.45) is 4.68. The number of carbonyl (C=O) groups excluding carboxylic acids is 1. The lowest BCUT2D eigenvalue weighted by Crippen LogP contribution is -2.36. The minimum Gasteiger partial charge on any atom is -0.491 e. The Morgan fingerprint density at radius 1 is 1.36 bits per heavy atom. The second kappa shape index (κ2) is 8.65. The van der Waals surface area contributed by atoms with Crippen molar-refractivity contribution in [3.8, 4) is 5.75 Å². The average Bonchev–Trinajstić information content (AvgIpc) is 3.26. The molecular formula is C21H25FN4O2. The van der Waals surface area contributed by atoms with Crippen molar-refractivity contribution in [3.05, 3.63) is 53.4 Å². The van der Waals surface area contributed by atoms with E-state index in [0.717, 1.165) is 43.0 Å². The molecule has 1 aromatic heterocycles. The average molecular weight is 384 g/mol. The minimum atomic E-state index is -0.380. The molecule has 2 aliphatic heterocycles. The van der Waals surface area contributed by atoms with E-state index in [2.05, 4.69) is 10.3 Å². The molecular weight excluding hydrogens is 359 g/mol. The van der Waals surface area contributed by atoms with Crippen molar-refractivity contribution in [2.45, 2.75) is 38.1 Å². The van der Waals surface area contributed by atoms with Gasteiger partial charge in [0, 0.05) is 50.2 Å². The van der Waals surface area contributed by atoms with Gasteiger partial charge in [-0.25, -0.2) is 14.4 Å². The summed E-state index contributed by atoms with van der Waals surface area (Å²) in [7, 11) is 0. The van der Waals surface area contributed by atoms with Crippen LogP contribution in [0, 0.1) is 5.82 Å². The summed E-state index contributed by atoms with van der Waals surface area (Å²) < 4.78 is 18.9. The molecule has 7 heteroatoms. The van der Waals surface area contributed by atoms with Crippen molar-refractivity contribution >= 4 is 5.91 Å². The van der Waals surface area contributed by atoms with Crippen LogP contribution >= 0.6 is 0 Å². The Labute approximate surface area is 164 Å². The number of hydrogen-bond donors (Lipinski definition) is 1. The SMILES string of the molecule is O=C(CCCOc1ccccc1F)N1CCc2nc(C3CCNC3)ncc2C1. The molecule has 0 saturated carbocycles. The summed E-state index contributed by atoms with van der Waals surface area (Å²) in [5.41, 5.74) is 2.11. The van der Waals surface area contributed by atoms with Crippen LogP contribution in [0.5, 0.6) is 5.75 Å². The first-order valence-corrected chi connectivity index (χ1v) is 9.91. The number of hydrogen-bond acceptors (Lipinski definition) is 5. The number of rotatable bonds is 6. The monoisotopic (exact) mass is 384 g/mol. The maximum absolute atomic E-state index is 13.5. The Morgan fingerprint density at radius 2 is 2.25 bits per heavy atom. The summed E-state index contributed by atoms with van der Waals surface area (Å²) in [6.45, 7) is 3.52. The molecule has 2 aliphatic rings. The van der Waals surface area contributed by atoms with Gasteiger partial charge in [0.25, 0.3) is 0 Å². The number of carbonyl (C=O) groups is 1. The van der Waals surface area contributed by atoms with Gasteiger partial charge in [-0.15, -0.1) is 0 Å². The number of amides is 1. The zero-order valence-corrected chi connectivity index (χ0v) is 15.9. The number of benzene rings is 1. The van der Waals surface area contributed by atoms with Crippen LogP contribution < -0.4 is 10.1 Å². The lowest BCUT2D eigenvalue weighted by atomic mass is 10.0. The van der Waals surface area contributed by atoms with E-state index in [-0.39, 0.29) is 17.5 Å². The topological polar surface area (TPSA) is 67.3 Å². The van der Waals surface area contributed by atoms with Gasteiger partial charge >= 0.3 is 0 Å². The fourth-order valence-corrected chi connectivity index (χ4v) is 3.74. The molecule has 0 spiro atoms. The zero-order chi connectivity index (χ0) is 19.3. The Kier molecular flexibility index (Phi) is 5.81. The van der Waals surface area contributed by atoms with Gasteiger partial charge < -0.3 is 15.0 Å². The van der Waals surface area contributed by atoms with Crippen LogP contribution in [0.25, 0.3) is 0 Å². The van der Waals surface area contributed by atoms with E-state index in [1.54, 1.807) is 18.2 Å². The highest BCUT2D eigenvalue weighted by molar-refractivity contribution is 5.76. The van der Waals surface area contributed by atoms with E-state index in [4.69, 9.17) is 9.72 Å². The molecule has 2 aromatic rings. The standard InChI is InChI=1S/C21H25FN4O2/c22-17-4-1-2-5-19(17)28-11-3-6-20(27)26-10-8-18-16(14-26)13-24-21(25-18)15-7-9-23-12-15/h1-2,4-5,13,15,23H,3,6-12,14H2. The summed E-state index contributed by atoms with van der Waals surface area (Å²) >= 11 is 0. The van der Waals surface area contributed by atoms with Gasteiger partial charge in [0.05, 0.1) is 12.3 Å². The molecule has 1 fully saturated rings. The highest BCUT2D eigenvalue weighted by Crippen LogP contribution is 2.23. The van der Waals surface area contributed by atoms with Crippen LogP contribution in [0.3, 0.4) is 0 Å². The second-order valence-electron chi connectivity index (χ2n) is 7.34. The molecule has 6 nitrogen and oxygen atoms in total. The molecule has 0 radical (unpaired) electrons. The largest absolute Gasteiger partial charge is 0.491 e. The highest BCUT2D eigenvalue weighted by Gasteiger charge is 2.25. The van der Waals surface area contributed by atoms with E-state index in [9.17, 15) is 9.18 Å². The number of fused-ring (bicyclic) bond motifs is 1. The summed E-state index contributed by atoms with van der Waals surface area (Å²) in [4.78, 5) is 23.7. The van der Waals surface area contributed by atoms with Crippen LogP contribution in [0.1, 0.15) is 42.3 Å². The molecule has 3 heterocycles. The number of nitrogens with one attached hydrogen (secondary N) is 1. The molecule has 28 heavy (non-hydrogen) atoms. The molecule has 1 atom stereocenters. The molecule has 1 aromatic carbocycles. The third-order valence-corrected chi connectivity index (χ3v) is 5.36. The predicted molar refractivity (Wildman–Crippen MR) is 103 cm³/mol. The van der Waals surface area contributed by atoms with Gasteiger partial charge in [-0.2, -0.15) is 0 Å². The van der Waals surface area contributed by atoms with E-state index in [0.29, 0.717) is 38.5 Å². The van der Waals surface area contributed by atoms with Gasteiger partial charge in [-0.05, 0) is 31.5 Å². The highest BCUT2D eigenvalue weighted by atomic mass is 19.1. The van der Waals surface area contributed by atoms with Gasteiger partial charge in [0.15, 0.2) is 11.6 Å². The molecule has 148 valence electrons. The molecule has 1 N–H and O–H groups in total. The van der Waals surface area contributed by atoms with Gasteiger partial charge in [-0.1, -0.05) is 12.1 Å². The Morgan fingerprint density at radius 3 is 3.07 bits per heavy atom. The lowest BCUT2D eigenvalue weighted by molar-refractivity contribution is -0.132. The maximum atomic E-state index is 13.5. The van der Waals surface area contributed by atoms with E-state index < -0.39 is 0 Å². The first-order valence-electron chi connectivity index (χ1n) is 9.91. The lowest BCUT2D eigenvalue weighted by Gasteiger charge is -2.28. The van der Waals surface area contributed by atoms with E-state index >= 15 is 0 Å². The van der Waals surface area contributed by atoms with Crippen LogP contribution in [0.2, 0.25) is 0 Å². The van der Waals surface area contributed by atoms with Crippen LogP contribution in [-0.4, -0.2) is 47.0 Å². The first kappa shape index (κ1) is 18.8. The maximum Gasteiger partial charge on any atom is 0.223 e. The minimum absolute atomic E-state index is 0.0897. The number of nitrogens with zero attached hydrogens (tertiary/aromatic N) is 3. The quantitative estimate of drug-likeness (QED) is 0.775. The van der Waals surface area contributed by atoms with Crippen molar-refractivity contribution in [1.29, 1.82) is 0 Å². The number of aromatic nitrogens is 2. The second-order valence-corrected chi connectivity index (χ2v) is 7.34. The van der Waals surface area contributed by atoms with Gasteiger partial charge in [0.1, 0.15) is 5.82 Å². The molecule has 1 saturated heterocycles. The van der Waals surface area contributed by atoms with Gasteiger partial charge in [-0.3, -0.25) is 4.79 Å². The molecule has 1 unspecified atom stereocenters. The molecule has 0 aliphatic carbocycles. The third kappa shape index (κ3) is 4.30. The Hall–Kier alpha value is -2.54. The van der Waals surface area contributed by atoms with Crippen molar-refractivity contribution in [1.82, 2.24) is 20.2 Å². The van der Waals surface area contributed by atoms with Crippen molar-refractivity contribution in [3.63, 3.8) is 0 Å². The summed E-state index contributed by atoms with van der Waals surface area (Å²) in [6, 6.07) is 6.31. The number of ether oxygens (including phenoxy) is 1. The number of para-hydroxylation sites is 1. The zero-order valence-electron chi connectivity index (χ0n) is 15.9. The third-order valence-electron chi connectivity index (χ3n) is 5.36.